The van der Waals surface area contributed by atoms with Crippen LogP contribution in [0.25, 0.3) is 0 Å². The van der Waals surface area contributed by atoms with E-state index in [-0.39, 0.29) is 73.9 Å². The van der Waals surface area contributed by atoms with Crippen LogP contribution in [0.2, 0.25) is 0 Å². The molecule has 0 aromatic carbocycles. The number of ether oxygens (including phenoxy) is 6. The number of carbonyl (C=O) groups excluding carboxylic acids is 12. The van der Waals surface area contributed by atoms with Gasteiger partial charge in [-0.1, -0.05) is 52.9 Å². The highest BCUT2D eigenvalue weighted by Crippen LogP contribution is 2.08. The van der Waals surface area contributed by atoms with E-state index in [0.717, 1.165) is 57.8 Å². The van der Waals surface area contributed by atoms with Crippen molar-refractivity contribution >= 4 is 92.9 Å². The second kappa shape index (κ2) is 50.8. The Morgan fingerprint density at radius 1 is 0.391 bits per heavy atom. The number of aliphatic hydroxyl groups is 2. The first-order valence-electron chi connectivity index (χ1n) is 22.4. The number of methoxy groups -OCH3 is 1. The van der Waals surface area contributed by atoms with E-state index in [9.17, 15) is 57.5 Å². The molecule has 0 bridgehead atoms. The number of amides is 2. The highest BCUT2D eigenvalue weighted by atomic mass is 35.5. The topological polar surface area (TPSA) is 325 Å². The van der Waals surface area contributed by atoms with Crippen molar-refractivity contribution in [2.24, 2.45) is 0 Å². The molecule has 0 atom stereocenters. The van der Waals surface area contributed by atoms with E-state index in [1.54, 1.807) is 6.92 Å². The molecule has 0 spiro atoms. The van der Waals surface area contributed by atoms with Crippen LogP contribution in [0.4, 0.5) is 0 Å². The van der Waals surface area contributed by atoms with Crippen molar-refractivity contribution in [2.45, 2.75) is 149 Å². The van der Waals surface area contributed by atoms with E-state index in [2.05, 4.69) is 24.8 Å². The lowest BCUT2D eigenvalue weighted by Crippen LogP contribution is -2.30. The molecule has 0 aromatic rings. The highest BCUT2D eigenvalue weighted by Gasteiger charge is 2.12. The minimum Gasteiger partial charge on any atom is -0.469 e. The molecule has 24 heteroatoms. The van der Waals surface area contributed by atoms with Crippen LogP contribution < -0.4 is 10.6 Å². The SMILES string of the molecule is C.CCC(=O)OCC(=O)CCCCCCCNC(=O)COC(=O)COC(=O)CCCCC(=O)OC.O=C(CCCCCCCNC(=O)COC(=O)CO)COC(=O)CO.O=C(Cl)CCCCC(=O)Cl. The average molecular weight is 1030 g/mol. The third-order valence-electron chi connectivity index (χ3n) is 8.56. The summed E-state index contributed by atoms with van der Waals surface area (Å²) in [5.41, 5.74) is 0. The first-order chi connectivity index (χ1) is 32.4. The van der Waals surface area contributed by atoms with Gasteiger partial charge in [-0.05, 0) is 74.6 Å². The summed E-state index contributed by atoms with van der Waals surface area (Å²) in [6, 6.07) is 0. The first-order valence-corrected chi connectivity index (χ1v) is 23.2. The molecule has 2 amide bonds. The van der Waals surface area contributed by atoms with Gasteiger partial charge in [0.15, 0.2) is 31.4 Å². The van der Waals surface area contributed by atoms with Gasteiger partial charge in [0.1, 0.15) is 26.4 Å². The number of halogens is 2. The number of hydrogen-bond donors (Lipinski definition) is 4. The van der Waals surface area contributed by atoms with Crippen LogP contribution >= 0.6 is 23.2 Å². The van der Waals surface area contributed by atoms with Gasteiger partial charge in [0, 0.05) is 58.0 Å². The summed E-state index contributed by atoms with van der Waals surface area (Å²) in [4.78, 5) is 132. The zero-order chi connectivity index (χ0) is 51.8. The summed E-state index contributed by atoms with van der Waals surface area (Å²) in [5, 5.41) is 21.3. The number of rotatable bonds is 39. The van der Waals surface area contributed by atoms with Crippen LogP contribution in [-0.4, -0.2) is 146 Å². The normalized spacial score (nSPS) is 9.88. The van der Waals surface area contributed by atoms with Gasteiger partial charge in [0.2, 0.25) is 10.5 Å². The molecule has 69 heavy (non-hydrogen) atoms. The number of Topliss-reactive ketones (excluding diaryl/α,β-unsaturated/α-hetero) is 2. The smallest absolute Gasteiger partial charge is 0.344 e. The number of carbonyl (C=O) groups is 12. The summed E-state index contributed by atoms with van der Waals surface area (Å²) in [6.07, 6.45) is 12.3. The number of nitrogens with one attached hydrogen (secondary N) is 2. The average Bonchev–Trinajstić information content (AvgIpc) is 3.32. The molecule has 0 aliphatic carbocycles. The Hall–Kier alpha value is -5.06. The summed E-state index contributed by atoms with van der Waals surface area (Å²) in [6.45, 7) is -0.809. The summed E-state index contributed by atoms with van der Waals surface area (Å²) >= 11 is 10.1. The third kappa shape index (κ3) is 57.2. The molecule has 0 unspecified atom stereocenters. The molecule has 0 aliphatic rings. The maximum atomic E-state index is 11.7. The molecular weight excluding hydrogens is 959 g/mol. The minimum absolute atomic E-state index is 0. The van der Waals surface area contributed by atoms with Gasteiger partial charge in [-0.2, -0.15) is 0 Å². The zero-order valence-electron chi connectivity index (χ0n) is 39.2. The minimum atomic E-state index is -0.842. The monoisotopic (exact) mass is 1030 g/mol. The number of esters is 6. The van der Waals surface area contributed by atoms with Crippen LogP contribution in [0.5, 0.6) is 0 Å². The zero-order valence-corrected chi connectivity index (χ0v) is 40.7. The number of aliphatic hydroxyl groups excluding tert-OH is 2. The first kappa shape index (κ1) is 70.5. The maximum Gasteiger partial charge on any atom is 0.344 e. The summed E-state index contributed by atoms with van der Waals surface area (Å²) < 4.78 is 27.7. The molecule has 0 aliphatic heterocycles. The summed E-state index contributed by atoms with van der Waals surface area (Å²) in [7, 11) is 1.29. The fourth-order valence-electron chi connectivity index (χ4n) is 4.89. The van der Waals surface area contributed by atoms with E-state index in [4.69, 9.17) is 47.6 Å². The molecule has 0 saturated carbocycles. The summed E-state index contributed by atoms with van der Waals surface area (Å²) in [5.74, 6) is -4.93. The van der Waals surface area contributed by atoms with E-state index in [1.165, 1.54) is 7.11 Å². The number of ketones is 2. The molecule has 4 N–H and O–H groups in total. The van der Waals surface area contributed by atoms with Crippen molar-refractivity contribution < 1.29 is 96.2 Å². The Bertz CT molecular complexity index is 1470. The van der Waals surface area contributed by atoms with Crippen LogP contribution in [0.15, 0.2) is 0 Å². The molecule has 0 saturated heterocycles. The molecule has 398 valence electrons. The van der Waals surface area contributed by atoms with E-state index in [0.29, 0.717) is 70.9 Å². The van der Waals surface area contributed by atoms with Crippen molar-refractivity contribution in [3.63, 3.8) is 0 Å². The molecule has 0 heterocycles. The van der Waals surface area contributed by atoms with Crippen molar-refractivity contribution in [3.05, 3.63) is 0 Å². The Morgan fingerprint density at radius 3 is 1.13 bits per heavy atom. The quantitative estimate of drug-likeness (QED) is 0.0296. The Kier molecular flexibility index (Phi) is 51.9. The maximum absolute atomic E-state index is 11.7. The van der Waals surface area contributed by atoms with Crippen molar-refractivity contribution in [2.75, 3.05) is 66.4 Å². The van der Waals surface area contributed by atoms with Gasteiger partial charge in [-0.3, -0.25) is 43.2 Å². The predicted molar refractivity (Wildman–Crippen MR) is 248 cm³/mol. The largest absolute Gasteiger partial charge is 0.469 e. The Morgan fingerprint density at radius 2 is 0.725 bits per heavy atom. The lowest BCUT2D eigenvalue weighted by atomic mass is 10.1. The predicted octanol–water partition coefficient (Wildman–Crippen LogP) is 3.58. The Labute approximate surface area is 414 Å². The van der Waals surface area contributed by atoms with Crippen LogP contribution in [-0.2, 0) is 86.0 Å². The molecule has 0 aromatic heterocycles. The number of hydrogen-bond acceptors (Lipinski definition) is 20. The van der Waals surface area contributed by atoms with Crippen LogP contribution in [0, 0.1) is 0 Å². The van der Waals surface area contributed by atoms with Gasteiger partial charge in [0.25, 0.3) is 11.8 Å². The van der Waals surface area contributed by atoms with Crippen molar-refractivity contribution in [3.8, 4) is 0 Å². The van der Waals surface area contributed by atoms with Gasteiger partial charge in [0.05, 0.1) is 7.11 Å². The lowest BCUT2D eigenvalue weighted by molar-refractivity contribution is -0.160. The fourth-order valence-corrected chi connectivity index (χ4v) is 5.15. The van der Waals surface area contributed by atoms with Gasteiger partial charge in [-0.25, -0.2) is 14.4 Å². The lowest BCUT2D eigenvalue weighted by Gasteiger charge is -2.07. The highest BCUT2D eigenvalue weighted by molar-refractivity contribution is 6.63. The van der Waals surface area contributed by atoms with Gasteiger partial charge < -0.3 is 49.3 Å². The van der Waals surface area contributed by atoms with E-state index >= 15 is 0 Å². The molecule has 22 nitrogen and oxygen atoms in total. The van der Waals surface area contributed by atoms with Crippen molar-refractivity contribution in [1.29, 1.82) is 0 Å². The molecule has 0 radical (unpaired) electrons. The molecular formula is C45H74Cl2N2O20. The Balaban J connectivity index is -0.000000522. The fraction of sp³-hybridized carbons (Fsp3) is 0.733. The molecule has 0 fully saturated rings. The standard InChI is InChI=1S/C23H37NO10.C15H25NO8.C6H8Cl2O2.CH4/c1-3-20(27)32-15-18(25)11-7-5-4-6-10-14-24-19(26)16-33-23(30)17-34-22(29)13-9-8-12-21(28)31-2;17-8-14(21)23-10-12(19)6-4-2-1-3-5-7-16-13(20)11-24-15(22)9-18;7-5(9)3-1-2-4-6(8)10;/h3-17H2,1-2H3,(H,24,26);17-18H,1-11H2,(H,16,20);1-4H2;1H4. The second-order valence-electron chi connectivity index (χ2n) is 14.5. The third-order valence-corrected chi connectivity index (χ3v) is 8.94. The number of unbranched alkanes of at least 4 members (excludes halogenated alkanes) is 10. The molecule has 0 rings (SSSR count). The van der Waals surface area contributed by atoms with Crippen LogP contribution in [0.1, 0.15) is 149 Å². The van der Waals surface area contributed by atoms with Crippen molar-refractivity contribution in [1.82, 2.24) is 10.6 Å². The van der Waals surface area contributed by atoms with Gasteiger partial charge >= 0.3 is 35.8 Å². The van der Waals surface area contributed by atoms with E-state index < -0.39 is 68.7 Å². The van der Waals surface area contributed by atoms with E-state index in [1.807, 2.05) is 0 Å². The van der Waals surface area contributed by atoms with Crippen LogP contribution in [0.3, 0.4) is 0 Å². The second-order valence-corrected chi connectivity index (χ2v) is 15.3. The van der Waals surface area contributed by atoms with Gasteiger partial charge in [-0.15, -0.1) is 0 Å².